The number of imidazole rings is 1. The Bertz CT molecular complexity index is 1030. The predicted molar refractivity (Wildman–Crippen MR) is 104 cm³/mol. The number of rotatable bonds is 5. The molecule has 4 atom stereocenters. The van der Waals surface area contributed by atoms with Crippen LogP contribution in [-0.4, -0.2) is 73.9 Å². The number of aliphatic hydroxyl groups is 3. The van der Waals surface area contributed by atoms with Crippen molar-refractivity contribution in [2.45, 2.75) is 24.5 Å². The van der Waals surface area contributed by atoms with Gasteiger partial charge in [0.25, 0.3) is 0 Å². The first kappa shape index (κ1) is 19.8. The van der Waals surface area contributed by atoms with Crippen molar-refractivity contribution in [3.05, 3.63) is 35.9 Å². The van der Waals surface area contributed by atoms with Crippen molar-refractivity contribution < 1.29 is 24.8 Å². The molecule has 3 aromatic rings. The molecule has 3 heterocycles. The molecule has 154 valence electrons. The molecule has 1 aliphatic rings. The van der Waals surface area contributed by atoms with Crippen LogP contribution >= 0.6 is 11.6 Å². The first-order chi connectivity index (χ1) is 14.0. The fraction of sp³-hybridized carbons (Fsp3) is 0.389. The first-order valence-corrected chi connectivity index (χ1v) is 9.21. The molecule has 2 aromatic heterocycles. The van der Waals surface area contributed by atoms with Gasteiger partial charge in [-0.2, -0.15) is 0 Å². The summed E-state index contributed by atoms with van der Waals surface area (Å²) in [5.74, 6) is 1.09. The molecular weight excluding hydrogens is 402 g/mol. The van der Waals surface area contributed by atoms with Gasteiger partial charge in [0.15, 0.2) is 23.2 Å². The van der Waals surface area contributed by atoms with Crippen LogP contribution < -0.4 is 9.64 Å². The van der Waals surface area contributed by atoms with Gasteiger partial charge in [0.05, 0.1) is 25.7 Å². The fourth-order valence-corrected chi connectivity index (χ4v) is 3.59. The number of halogens is 1. The molecule has 0 radical (unpaired) electrons. The second kappa shape index (κ2) is 7.73. The molecule has 1 aromatic carbocycles. The van der Waals surface area contributed by atoms with Crippen LogP contribution in [0.1, 0.15) is 6.23 Å². The lowest BCUT2D eigenvalue weighted by Crippen LogP contribution is -2.33. The van der Waals surface area contributed by atoms with Gasteiger partial charge in [0.1, 0.15) is 30.4 Å². The van der Waals surface area contributed by atoms with Crippen LogP contribution in [-0.2, 0) is 4.74 Å². The lowest BCUT2D eigenvalue weighted by atomic mass is 10.1. The molecule has 1 aliphatic heterocycles. The second-order valence-corrected chi connectivity index (χ2v) is 7.06. The van der Waals surface area contributed by atoms with Crippen molar-refractivity contribution in [2.24, 2.45) is 0 Å². The van der Waals surface area contributed by atoms with E-state index in [1.165, 1.54) is 17.2 Å². The smallest absolute Gasteiger partial charge is 0.167 e. The number of nitrogens with zero attached hydrogens (tertiary/aromatic N) is 5. The van der Waals surface area contributed by atoms with E-state index in [0.717, 1.165) is 0 Å². The number of benzene rings is 1. The van der Waals surface area contributed by atoms with Gasteiger partial charge in [-0.15, -0.1) is 0 Å². The highest BCUT2D eigenvalue weighted by molar-refractivity contribution is 6.31. The molecule has 3 N–H and O–H groups in total. The van der Waals surface area contributed by atoms with Gasteiger partial charge in [0.2, 0.25) is 0 Å². The van der Waals surface area contributed by atoms with E-state index in [0.29, 0.717) is 33.4 Å². The van der Waals surface area contributed by atoms with Crippen molar-refractivity contribution in [3.63, 3.8) is 0 Å². The molecule has 29 heavy (non-hydrogen) atoms. The van der Waals surface area contributed by atoms with E-state index in [1.807, 2.05) is 0 Å². The van der Waals surface area contributed by atoms with Crippen LogP contribution in [0.15, 0.2) is 30.9 Å². The zero-order valence-corrected chi connectivity index (χ0v) is 16.4. The van der Waals surface area contributed by atoms with Gasteiger partial charge in [-0.3, -0.25) is 4.57 Å². The maximum atomic E-state index is 10.3. The number of hydrogen-bond acceptors (Lipinski definition) is 9. The summed E-state index contributed by atoms with van der Waals surface area (Å²) in [5, 5.41) is 30.2. The fourth-order valence-electron chi connectivity index (χ4n) is 3.42. The van der Waals surface area contributed by atoms with E-state index in [9.17, 15) is 15.3 Å². The van der Waals surface area contributed by atoms with Crippen LogP contribution in [0.3, 0.4) is 0 Å². The zero-order valence-electron chi connectivity index (χ0n) is 15.7. The minimum Gasteiger partial charge on any atom is -0.495 e. The third kappa shape index (κ3) is 3.28. The molecule has 10 nitrogen and oxygen atoms in total. The van der Waals surface area contributed by atoms with Gasteiger partial charge in [-0.05, 0) is 18.2 Å². The number of hydrogen-bond donors (Lipinski definition) is 3. The number of anilines is 2. The highest BCUT2D eigenvalue weighted by Crippen LogP contribution is 2.37. The molecule has 0 saturated carbocycles. The average molecular weight is 422 g/mol. The number of ether oxygens (including phenoxy) is 2. The normalized spacial score (nSPS) is 24.2. The van der Waals surface area contributed by atoms with E-state index in [2.05, 4.69) is 15.0 Å². The quantitative estimate of drug-likeness (QED) is 0.550. The Morgan fingerprint density at radius 1 is 1.24 bits per heavy atom. The summed E-state index contributed by atoms with van der Waals surface area (Å²) in [7, 11) is 3.36. The molecule has 0 amide bonds. The first-order valence-electron chi connectivity index (χ1n) is 8.83. The third-order valence-corrected chi connectivity index (χ3v) is 5.19. The van der Waals surface area contributed by atoms with Crippen molar-refractivity contribution in [2.75, 3.05) is 25.7 Å². The van der Waals surface area contributed by atoms with E-state index in [4.69, 9.17) is 21.1 Å². The standard InChI is InChI=1S/C18H20ClN5O5/c1-23(10-5-9(19)3-4-11(10)28-2)16-13-17(21-7-20-16)24(8-22-13)18-15(27)14(26)12(6-25)29-18/h3-5,7-8,12,14-15,18,25-27H,6H2,1-2H3/t12-,14-,15-,18?/m1/s1. The Labute approximate surface area is 170 Å². The Morgan fingerprint density at radius 3 is 2.72 bits per heavy atom. The molecule has 1 unspecified atom stereocenters. The minimum atomic E-state index is -1.24. The summed E-state index contributed by atoms with van der Waals surface area (Å²) < 4.78 is 12.5. The summed E-state index contributed by atoms with van der Waals surface area (Å²) >= 11 is 6.15. The Morgan fingerprint density at radius 2 is 2.03 bits per heavy atom. The maximum Gasteiger partial charge on any atom is 0.167 e. The minimum absolute atomic E-state index is 0.401. The van der Waals surface area contributed by atoms with Gasteiger partial charge in [0, 0.05) is 12.1 Å². The summed E-state index contributed by atoms with van der Waals surface area (Å²) in [4.78, 5) is 14.8. The van der Waals surface area contributed by atoms with Gasteiger partial charge < -0.3 is 29.7 Å². The zero-order chi connectivity index (χ0) is 20.7. The third-order valence-electron chi connectivity index (χ3n) is 4.95. The van der Waals surface area contributed by atoms with Crippen LogP contribution in [0, 0.1) is 0 Å². The number of aromatic nitrogens is 4. The molecule has 1 fully saturated rings. The largest absolute Gasteiger partial charge is 0.495 e. The van der Waals surface area contributed by atoms with Gasteiger partial charge in [-0.25, -0.2) is 15.0 Å². The van der Waals surface area contributed by atoms with Crippen molar-refractivity contribution in [1.29, 1.82) is 0 Å². The van der Waals surface area contributed by atoms with Crippen LogP contribution in [0.4, 0.5) is 11.5 Å². The highest BCUT2D eigenvalue weighted by Gasteiger charge is 2.44. The molecule has 0 aliphatic carbocycles. The monoisotopic (exact) mass is 421 g/mol. The van der Waals surface area contributed by atoms with Crippen molar-refractivity contribution in [1.82, 2.24) is 19.5 Å². The topological polar surface area (TPSA) is 126 Å². The van der Waals surface area contributed by atoms with E-state index < -0.39 is 31.1 Å². The number of methoxy groups -OCH3 is 1. The lowest BCUT2D eigenvalue weighted by molar-refractivity contribution is -0.0511. The van der Waals surface area contributed by atoms with E-state index in [1.54, 1.807) is 37.3 Å². The summed E-state index contributed by atoms with van der Waals surface area (Å²) in [6.07, 6.45) is -1.49. The molecule has 0 bridgehead atoms. The maximum absolute atomic E-state index is 10.3. The number of aliphatic hydroxyl groups excluding tert-OH is 3. The van der Waals surface area contributed by atoms with E-state index >= 15 is 0 Å². The Hall–Kier alpha value is -2.50. The predicted octanol–water partition coefficient (Wildman–Crippen LogP) is 0.868. The van der Waals surface area contributed by atoms with Gasteiger partial charge in [-0.1, -0.05) is 11.6 Å². The van der Waals surface area contributed by atoms with Crippen LogP contribution in [0.2, 0.25) is 5.02 Å². The molecule has 4 rings (SSSR count). The second-order valence-electron chi connectivity index (χ2n) is 6.63. The SMILES string of the molecule is COc1ccc(Cl)cc1N(C)c1ncnc2c1ncn2C1O[C@H](CO)[C@@H](O)[C@H]1O. The lowest BCUT2D eigenvalue weighted by Gasteiger charge is -2.21. The Balaban J connectivity index is 1.77. The van der Waals surface area contributed by atoms with Crippen molar-refractivity contribution >= 4 is 34.3 Å². The average Bonchev–Trinajstić information content (AvgIpc) is 3.28. The summed E-state index contributed by atoms with van der Waals surface area (Å²) in [5.41, 5.74) is 1.54. The molecule has 0 spiro atoms. The summed E-state index contributed by atoms with van der Waals surface area (Å²) in [6, 6.07) is 5.23. The summed E-state index contributed by atoms with van der Waals surface area (Å²) in [6.45, 7) is -0.418. The molecular formula is C18H20ClN5O5. The van der Waals surface area contributed by atoms with Crippen LogP contribution in [0.5, 0.6) is 5.75 Å². The Kier molecular flexibility index (Phi) is 5.28. The highest BCUT2D eigenvalue weighted by atomic mass is 35.5. The molecule has 11 heteroatoms. The van der Waals surface area contributed by atoms with Crippen molar-refractivity contribution in [3.8, 4) is 5.75 Å². The van der Waals surface area contributed by atoms with E-state index in [-0.39, 0.29) is 0 Å². The number of fused-ring (bicyclic) bond motifs is 1. The van der Waals surface area contributed by atoms with Gasteiger partial charge >= 0.3 is 0 Å². The molecule has 1 saturated heterocycles. The van der Waals surface area contributed by atoms with Crippen LogP contribution in [0.25, 0.3) is 11.2 Å².